The van der Waals surface area contributed by atoms with Crippen LogP contribution in [0.1, 0.15) is 50.4 Å². The Morgan fingerprint density at radius 3 is 2.49 bits per heavy atom. The molecule has 47 heavy (non-hydrogen) atoms. The van der Waals surface area contributed by atoms with E-state index < -0.39 is 49.8 Å². The molecule has 15 heteroatoms. The standard InChI is InChI=1S/C32H42FN3O8S3/c1-22-19-36(23(2)21-37)32(38)28-18-26(34-46(39,40)31-9-7-17-45-31)12-15-29(28)44-24(3)8-5-6-16-43-30(22)20-35(4)47(41,42)27-13-10-25(33)11-14-27/h7,9-15,17-18,22-24,30,34,37H,5-6,8,16,19-21H2,1-4H3/t22-,23+,24-,30-/m0/s1. The number of fused-ring (bicyclic) bond motifs is 1. The molecule has 1 amide bonds. The first kappa shape index (κ1) is 36.8. The van der Waals surface area contributed by atoms with E-state index in [1.54, 1.807) is 24.4 Å². The molecular weight excluding hydrogens is 670 g/mol. The Morgan fingerprint density at radius 1 is 1.11 bits per heavy atom. The van der Waals surface area contributed by atoms with Gasteiger partial charge in [-0.25, -0.2) is 21.2 Å². The molecule has 0 aliphatic carbocycles. The number of nitrogens with zero attached hydrogens (tertiary/aromatic N) is 2. The maximum Gasteiger partial charge on any atom is 0.271 e. The summed E-state index contributed by atoms with van der Waals surface area (Å²) in [5.74, 6) is -1.18. The second-order valence-electron chi connectivity index (χ2n) is 11.8. The average Bonchev–Trinajstić information content (AvgIpc) is 3.59. The van der Waals surface area contributed by atoms with Crippen molar-refractivity contribution in [1.29, 1.82) is 0 Å². The van der Waals surface area contributed by atoms with Gasteiger partial charge in [0.05, 0.1) is 35.3 Å². The SMILES string of the molecule is C[C@H](CO)N1C[C@H](C)[C@H](CN(C)S(=O)(=O)c2ccc(F)cc2)OCCCC[C@H](C)Oc2ccc(NS(=O)(=O)c3cccs3)cc2C1=O. The maximum atomic E-state index is 14.3. The van der Waals surface area contributed by atoms with Gasteiger partial charge < -0.3 is 19.5 Å². The van der Waals surface area contributed by atoms with Gasteiger partial charge in [-0.15, -0.1) is 11.3 Å². The van der Waals surface area contributed by atoms with Crippen molar-refractivity contribution in [2.24, 2.45) is 5.92 Å². The third-order valence-corrected chi connectivity index (χ3v) is 12.6. The van der Waals surface area contributed by atoms with Gasteiger partial charge in [0, 0.05) is 38.3 Å². The minimum absolute atomic E-state index is 0.0405. The van der Waals surface area contributed by atoms with Gasteiger partial charge >= 0.3 is 0 Å². The second kappa shape index (κ2) is 15.9. The van der Waals surface area contributed by atoms with Crippen molar-refractivity contribution in [3.63, 3.8) is 0 Å². The van der Waals surface area contributed by atoms with E-state index in [-0.39, 0.29) is 51.9 Å². The first-order valence-electron chi connectivity index (χ1n) is 15.3. The monoisotopic (exact) mass is 711 g/mol. The van der Waals surface area contributed by atoms with E-state index in [9.17, 15) is 31.1 Å². The number of amides is 1. The number of ether oxygens (including phenoxy) is 2. The molecule has 0 unspecified atom stereocenters. The van der Waals surface area contributed by atoms with E-state index in [1.165, 1.54) is 42.3 Å². The minimum Gasteiger partial charge on any atom is -0.490 e. The third-order valence-electron chi connectivity index (χ3n) is 8.02. The van der Waals surface area contributed by atoms with Gasteiger partial charge in [-0.1, -0.05) is 13.0 Å². The van der Waals surface area contributed by atoms with Crippen molar-refractivity contribution < 1.29 is 40.6 Å². The van der Waals surface area contributed by atoms with Crippen molar-refractivity contribution in [3.05, 3.63) is 71.4 Å². The number of hydrogen-bond acceptors (Lipinski definition) is 9. The molecule has 258 valence electrons. The average molecular weight is 712 g/mol. The highest BCUT2D eigenvalue weighted by Gasteiger charge is 2.32. The molecule has 0 fully saturated rings. The zero-order valence-corrected chi connectivity index (χ0v) is 29.3. The molecule has 0 bridgehead atoms. The van der Waals surface area contributed by atoms with E-state index in [1.807, 2.05) is 13.8 Å². The van der Waals surface area contributed by atoms with Crippen LogP contribution in [0.5, 0.6) is 5.75 Å². The van der Waals surface area contributed by atoms with Crippen LogP contribution in [0.3, 0.4) is 0 Å². The van der Waals surface area contributed by atoms with Gasteiger partial charge in [-0.2, -0.15) is 4.31 Å². The van der Waals surface area contributed by atoms with E-state index in [2.05, 4.69) is 4.72 Å². The van der Waals surface area contributed by atoms with Crippen LogP contribution in [-0.4, -0.2) is 88.7 Å². The number of benzene rings is 2. The van der Waals surface area contributed by atoms with Crippen LogP contribution in [0.25, 0.3) is 0 Å². The quantitative estimate of drug-likeness (QED) is 0.322. The molecule has 2 heterocycles. The normalized spacial score (nSPS) is 21.0. The summed E-state index contributed by atoms with van der Waals surface area (Å²) >= 11 is 1.06. The molecule has 3 aromatic rings. The van der Waals surface area contributed by atoms with E-state index in [4.69, 9.17) is 9.47 Å². The molecule has 0 radical (unpaired) electrons. The molecule has 2 N–H and O–H groups in total. The summed E-state index contributed by atoms with van der Waals surface area (Å²) in [6.07, 6.45) is 1.12. The fourth-order valence-corrected chi connectivity index (χ4v) is 8.43. The lowest BCUT2D eigenvalue weighted by atomic mass is 10.0. The highest BCUT2D eigenvalue weighted by molar-refractivity contribution is 7.94. The number of hydrogen-bond donors (Lipinski definition) is 2. The first-order chi connectivity index (χ1) is 22.2. The summed E-state index contributed by atoms with van der Waals surface area (Å²) in [5, 5.41) is 11.8. The van der Waals surface area contributed by atoms with Crippen molar-refractivity contribution in [2.45, 2.75) is 67.4 Å². The Kier molecular flexibility index (Phi) is 12.4. The lowest BCUT2D eigenvalue weighted by molar-refractivity contribution is -0.00833. The molecular formula is C32H42FN3O8S3. The van der Waals surface area contributed by atoms with E-state index >= 15 is 0 Å². The number of rotatable bonds is 9. The van der Waals surface area contributed by atoms with Crippen LogP contribution < -0.4 is 9.46 Å². The molecule has 4 atom stereocenters. The smallest absolute Gasteiger partial charge is 0.271 e. The molecule has 0 saturated heterocycles. The van der Waals surface area contributed by atoms with Crippen LogP contribution in [0, 0.1) is 11.7 Å². The van der Waals surface area contributed by atoms with Crippen LogP contribution in [-0.2, 0) is 24.8 Å². The number of aliphatic hydroxyl groups is 1. The molecule has 2 aromatic carbocycles. The predicted octanol–water partition coefficient (Wildman–Crippen LogP) is 4.80. The van der Waals surface area contributed by atoms with Crippen molar-refractivity contribution >= 4 is 43.0 Å². The Bertz CT molecular complexity index is 1700. The van der Waals surface area contributed by atoms with Gasteiger partial charge in [0.25, 0.3) is 15.9 Å². The Morgan fingerprint density at radius 2 is 1.83 bits per heavy atom. The fraction of sp³-hybridized carbons (Fsp3) is 0.469. The molecule has 4 rings (SSSR count). The number of anilines is 1. The number of thiophene rings is 1. The van der Waals surface area contributed by atoms with Gasteiger partial charge in [0.1, 0.15) is 15.8 Å². The summed E-state index contributed by atoms with van der Waals surface area (Å²) < 4.78 is 82.3. The highest BCUT2D eigenvalue weighted by atomic mass is 32.2. The lowest BCUT2D eigenvalue weighted by Gasteiger charge is -2.35. The molecule has 11 nitrogen and oxygen atoms in total. The van der Waals surface area contributed by atoms with Crippen molar-refractivity contribution in [3.8, 4) is 5.75 Å². The number of carbonyl (C=O) groups excluding carboxylic acids is 1. The summed E-state index contributed by atoms with van der Waals surface area (Å²) in [5.41, 5.74) is 0.280. The molecule has 1 aliphatic rings. The maximum absolute atomic E-state index is 14.3. The van der Waals surface area contributed by atoms with E-state index in [0.717, 1.165) is 34.2 Å². The first-order valence-corrected chi connectivity index (χ1v) is 19.2. The number of sulfonamides is 2. The van der Waals surface area contributed by atoms with Gasteiger partial charge in [0.2, 0.25) is 10.0 Å². The Balaban J connectivity index is 1.67. The number of aliphatic hydroxyl groups excluding tert-OH is 1. The largest absolute Gasteiger partial charge is 0.490 e. The van der Waals surface area contributed by atoms with Gasteiger partial charge in [-0.05, 0) is 87.0 Å². The summed E-state index contributed by atoms with van der Waals surface area (Å²) in [4.78, 5) is 15.7. The lowest BCUT2D eigenvalue weighted by Crippen LogP contribution is -2.48. The number of likely N-dealkylation sites (N-methyl/N-ethyl adjacent to an activating group) is 1. The van der Waals surface area contributed by atoms with Crippen molar-refractivity contribution in [2.75, 3.05) is 38.1 Å². The summed E-state index contributed by atoms with van der Waals surface area (Å²) in [7, 11) is -6.45. The second-order valence-corrected chi connectivity index (χ2v) is 16.7. The fourth-order valence-electron chi connectivity index (χ4n) is 5.21. The number of nitrogens with one attached hydrogen (secondary N) is 1. The van der Waals surface area contributed by atoms with Gasteiger partial charge in [-0.3, -0.25) is 9.52 Å². The summed E-state index contributed by atoms with van der Waals surface area (Å²) in [6, 6.07) is 11.6. The number of carbonyl (C=O) groups is 1. The molecule has 0 saturated carbocycles. The van der Waals surface area contributed by atoms with Gasteiger partial charge in [0.15, 0.2) is 0 Å². The molecule has 1 aromatic heterocycles. The van der Waals surface area contributed by atoms with Crippen LogP contribution in [0.2, 0.25) is 0 Å². The Labute approximate surface area is 280 Å². The minimum atomic E-state index is -3.97. The van der Waals surface area contributed by atoms with E-state index in [0.29, 0.717) is 19.4 Å². The Hall–Kier alpha value is -3.08. The highest BCUT2D eigenvalue weighted by Crippen LogP contribution is 2.30. The summed E-state index contributed by atoms with van der Waals surface area (Å²) in [6.45, 7) is 5.42. The number of halogens is 1. The zero-order chi connectivity index (χ0) is 34.4. The third kappa shape index (κ3) is 9.30. The predicted molar refractivity (Wildman–Crippen MR) is 178 cm³/mol. The topological polar surface area (TPSA) is 143 Å². The zero-order valence-electron chi connectivity index (χ0n) is 26.8. The van der Waals surface area contributed by atoms with Crippen LogP contribution in [0.15, 0.2) is 69.1 Å². The van der Waals surface area contributed by atoms with Crippen molar-refractivity contribution in [1.82, 2.24) is 9.21 Å². The van der Waals surface area contributed by atoms with Crippen LogP contribution in [0.4, 0.5) is 10.1 Å². The molecule has 0 spiro atoms. The van der Waals surface area contributed by atoms with Crippen LogP contribution >= 0.6 is 11.3 Å². The molecule has 1 aliphatic heterocycles.